The molecule has 0 aromatic carbocycles. The smallest absolute Gasteiger partial charge is 0.233 e. The summed E-state index contributed by atoms with van der Waals surface area (Å²) in [5.74, 6) is 0.437. The molecule has 0 radical (unpaired) electrons. The van der Waals surface area contributed by atoms with Crippen LogP contribution in [-0.2, 0) is 16.1 Å². The van der Waals surface area contributed by atoms with E-state index in [-0.39, 0.29) is 18.1 Å². The molecule has 2 aromatic rings. The van der Waals surface area contributed by atoms with Crippen LogP contribution in [0.1, 0.15) is 23.9 Å². The fraction of sp³-hybridized carbons (Fsp3) is 0.533. The molecule has 0 bridgehead atoms. The summed E-state index contributed by atoms with van der Waals surface area (Å²) < 4.78 is 7.85. The summed E-state index contributed by atoms with van der Waals surface area (Å²) in [6, 6.07) is 2.02. The Kier molecular flexibility index (Phi) is 4.19. The standard InChI is InChI=1S/C15H18N6O2S/c1-10-2-4-16-15(18-10)24-9-14(22)20-5-3-12-13(7-20)23-8-11-6-17-19-21(11)12/h2,4,6,12-13H,3,5,7-9H2,1H3/t12-,13-/m0/s1. The molecule has 2 aromatic heterocycles. The SMILES string of the molecule is Cc1ccnc(SCC(=O)N2CC[C@H]3[C@H](C2)OCc2cnnn23)n1. The summed E-state index contributed by atoms with van der Waals surface area (Å²) in [5.41, 5.74) is 1.91. The van der Waals surface area contributed by atoms with Gasteiger partial charge in [0, 0.05) is 25.0 Å². The van der Waals surface area contributed by atoms with Crippen molar-refractivity contribution < 1.29 is 9.53 Å². The molecule has 0 unspecified atom stereocenters. The lowest BCUT2D eigenvalue weighted by atomic mass is 10.0. The number of hydrogen-bond acceptors (Lipinski definition) is 7. The van der Waals surface area contributed by atoms with Crippen LogP contribution in [0.3, 0.4) is 0 Å². The first kappa shape index (κ1) is 15.5. The first-order valence-electron chi connectivity index (χ1n) is 7.91. The van der Waals surface area contributed by atoms with Crippen LogP contribution >= 0.6 is 11.8 Å². The monoisotopic (exact) mass is 346 g/mol. The number of aryl methyl sites for hydroxylation is 1. The van der Waals surface area contributed by atoms with Crippen molar-refractivity contribution in [1.82, 2.24) is 29.9 Å². The van der Waals surface area contributed by atoms with E-state index in [2.05, 4.69) is 20.3 Å². The summed E-state index contributed by atoms with van der Waals surface area (Å²) in [6.07, 6.45) is 4.27. The van der Waals surface area contributed by atoms with Gasteiger partial charge in [-0.1, -0.05) is 17.0 Å². The van der Waals surface area contributed by atoms with Crippen LogP contribution in [0.25, 0.3) is 0 Å². The predicted octanol–water partition coefficient (Wildman–Crippen LogP) is 0.841. The van der Waals surface area contributed by atoms with Crippen molar-refractivity contribution in [3.63, 3.8) is 0 Å². The fourth-order valence-electron chi connectivity index (χ4n) is 3.13. The maximum atomic E-state index is 12.5. The normalized spacial score (nSPS) is 22.8. The Balaban J connectivity index is 1.36. The summed E-state index contributed by atoms with van der Waals surface area (Å²) in [5, 5.41) is 8.75. The number of carbonyl (C=O) groups excluding carboxylic acids is 1. The van der Waals surface area contributed by atoms with Gasteiger partial charge in [0.15, 0.2) is 5.16 Å². The van der Waals surface area contributed by atoms with Gasteiger partial charge in [0.05, 0.1) is 36.4 Å². The van der Waals surface area contributed by atoms with Gasteiger partial charge in [0.1, 0.15) is 0 Å². The van der Waals surface area contributed by atoms with E-state index in [1.165, 1.54) is 11.8 Å². The van der Waals surface area contributed by atoms with Crippen molar-refractivity contribution in [2.45, 2.75) is 37.3 Å². The molecule has 0 aliphatic carbocycles. The minimum atomic E-state index is -0.0166. The summed E-state index contributed by atoms with van der Waals surface area (Å²) in [4.78, 5) is 22.8. The first-order valence-corrected chi connectivity index (χ1v) is 8.90. The molecule has 24 heavy (non-hydrogen) atoms. The predicted molar refractivity (Wildman–Crippen MR) is 86.3 cm³/mol. The van der Waals surface area contributed by atoms with Crippen molar-refractivity contribution in [2.75, 3.05) is 18.8 Å². The molecule has 1 amide bonds. The molecule has 8 nitrogen and oxygen atoms in total. The van der Waals surface area contributed by atoms with Crippen LogP contribution in [0.2, 0.25) is 0 Å². The second-order valence-corrected chi connectivity index (χ2v) is 6.93. The molecule has 2 aliphatic heterocycles. The number of carbonyl (C=O) groups is 1. The molecule has 2 atom stereocenters. The molecule has 1 fully saturated rings. The third kappa shape index (κ3) is 3.01. The van der Waals surface area contributed by atoms with Gasteiger partial charge in [0.25, 0.3) is 0 Å². The summed E-state index contributed by atoms with van der Waals surface area (Å²) >= 11 is 1.37. The fourth-order valence-corrected chi connectivity index (χ4v) is 3.91. The van der Waals surface area contributed by atoms with Gasteiger partial charge in [-0.25, -0.2) is 14.6 Å². The van der Waals surface area contributed by atoms with Crippen LogP contribution in [-0.4, -0.2) is 60.7 Å². The number of aromatic nitrogens is 5. The Hall–Kier alpha value is -2.00. The van der Waals surface area contributed by atoms with Crippen LogP contribution in [0.15, 0.2) is 23.6 Å². The molecule has 4 rings (SSSR count). The highest BCUT2D eigenvalue weighted by molar-refractivity contribution is 7.99. The zero-order valence-electron chi connectivity index (χ0n) is 13.3. The van der Waals surface area contributed by atoms with Crippen molar-refractivity contribution >= 4 is 17.7 Å². The molecule has 9 heteroatoms. The lowest BCUT2D eigenvalue weighted by molar-refractivity contribution is -0.136. The Bertz CT molecular complexity index is 751. The van der Waals surface area contributed by atoms with Gasteiger partial charge in [-0.3, -0.25) is 4.79 Å². The number of amides is 1. The van der Waals surface area contributed by atoms with E-state index in [1.807, 2.05) is 22.6 Å². The van der Waals surface area contributed by atoms with E-state index in [0.29, 0.717) is 30.6 Å². The van der Waals surface area contributed by atoms with Gasteiger partial charge >= 0.3 is 0 Å². The lowest BCUT2D eigenvalue weighted by Crippen LogP contribution is -2.50. The Labute approximate surface area is 143 Å². The zero-order chi connectivity index (χ0) is 16.5. The van der Waals surface area contributed by atoms with Crippen molar-refractivity contribution in [2.24, 2.45) is 0 Å². The highest BCUT2D eigenvalue weighted by atomic mass is 32.2. The van der Waals surface area contributed by atoms with Crippen molar-refractivity contribution in [3.8, 4) is 0 Å². The van der Waals surface area contributed by atoms with Gasteiger partial charge in [0.2, 0.25) is 5.91 Å². The largest absolute Gasteiger partial charge is 0.368 e. The first-order chi connectivity index (χ1) is 11.7. The van der Waals surface area contributed by atoms with Crippen LogP contribution in [0, 0.1) is 6.92 Å². The number of piperidine rings is 1. The highest BCUT2D eigenvalue weighted by Crippen LogP contribution is 2.30. The minimum absolute atomic E-state index is 0.0166. The van der Waals surface area contributed by atoms with E-state index in [0.717, 1.165) is 17.8 Å². The average Bonchev–Trinajstić information content (AvgIpc) is 3.08. The topological polar surface area (TPSA) is 86.0 Å². The third-order valence-corrected chi connectivity index (χ3v) is 5.23. The van der Waals surface area contributed by atoms with E-state index >= 15 is 0 Å². The second-order valence-electron chi connectivity index (χ2n) is 5.98. The molecule has 1 saturated heterocycles. The van der Waals surface area contributed by atoms with Gasteiger partial charge < -0.3 is 9.64 Å². The van der Waals surface area contributed by atoms with Crippen LogP contribution in [0.4, 0.5) is 0 Å². The van der Waals surface area contributed by atoms with E-state index in [1.54, 1.807) is 12.4 Å². The van der Waals surface area contributed by atoms with Gasteiger partial charge in [-0.2, -0.15) is 0 Å². The zero-order valence-corrected chi connectivity index (χ0v) is 14.1. The molecule has 2 aliphatic rings. The third-order valence-electron chi connectivity index (χ3n) is 4.38. The number of ether oxygens (including phenoxy) is 1. The quantitative estimate of drug-likeness (QED) is 0.601. The van der Waals surface area contributed by atoms with E-state index in [4.69, 9.17) is 4.74 Å². The maximum Gasteiger partial charge on any atom is 0.233 e. The maximum absolute atomic E-state index is 12.5. The van der Waals surface area contributed by atoms with Crippen molar-refractivity contribution in [3.05, 3.63) is 29.8 Å². The molecule has 126 valence electrons. The average molecular weight is 346 g/mol. The Morgan fingerprint density at radius 3 is 3.29 bits per heavy atom. The molecule has 0 saturated carbocycles. The lowest BCUT2D eigenvalue weighted by Gasteiger charge is -2.40. The molecule has 0 N–H and O–H groups in total. The number of rotatable bonds is 3. The Morgan fingerprint density at radius 1 is 1.50 bits per heavy atom. The minimum Gasteiger partial charge on any atom is -0.368 e. The number of nitrogens with zero attached hydrogens (tertiary/aromatic N) is 6. The summed E-state index contributed by atoms with van der Waals surface area (Å²) in [7, 11) is 0. The van der Waals surface area contributed by atoms with E-state index < -0.39 is 0 Å². The second kappa shape index (κ2) is 6.48. The molecule has 0 spiro atoms. The highest BCUT2D eigenvalue weighted by Gasteiger charge is 2.37. The van der Waals surface area contributed by atoms with Crippen LogP contribution in [0.5, 0.6) is 0 Å². The summed E-state index contributed by atoms with van der Waals surface area (Å²) in [6.45, 7) is 3.72. The van der Waals surface area contributed by atoms with Gasteiger partial charge in [-0.05, 0) is 19.4 Å². The number of thioether (sulfide) groups is 1. The number of fused-ring (bicyclic) bond motifs is 3. The van der Waals surface area contributed by atoms with Gasteiger partial charge in [-0.15, -0.1) is 5.10 Å². The molecular formula is C15H18N6O2S. The van der Waals surface area contributed by atoms with Crippen molar-refractivity contribution in [1.29, 1.82) is 0 Å². The van der Waals surface area contributed by atoms with Crippen LogP contribution < -0.4 is 0 Å². The Morgan fingerprint density at radius 2 is 2.42 bits per heavy atom. The number of likely N-dealkylation sites (tertiary alicyclic amines) is 1. The van der Waals surface area contributed by atoms with E-state index in [9.17, 15) is 4.79 Å². The molecular weight excluding hydrogens is 328 g/mol. The molecule has 4 heterocycles. The number of hydrogen-bond donors (Lipinski definition) is 0.